The highest BCUT2D eigenvalue weighted by Crippen LogP contribution is 2.27. The van der Waals surface area contributed by atoms with Gasteiger partial charge >= 0.3 is 0 Å². The van der Waals surface area contributed by atoms with Crippen LogP contribution in [-0.4, -0.2) is 12.5 Å². The summed E-state index contributed by atoms with van der Waals surface area (Å²) in [6, 6.07) is 23.8. The Morgan fingerprint density at radius 3 is 2.43 bits per heavy atom. The first-order chi connectivity index (χ1) is 13.6. The van der Waals surface area contributed by atoms with Crippen molar-refractivity contribution in [3.63, 3.8) is 0 Å². The number of hydrogen-bond acceptors (Lipinski definition) is 2. The third-order valence-electron chi connectivity index (χ3n) is 4.70. The highest BCUT2D eigenvalue weighted by atomic mass is 79.9. The maximum absolute atomic E-state index is 12.7. The van der Waals surface area contributed by atoms with Gasteiger partial charge in [0, 0.05) is 0 Å². The van der Waals surface area contributed by atoms with Crippen molar-refractivity contribution in [2.75, 3.05) is 6.61 Å². The van der Waals surface area contributed by atoms with Crippen molar-refractivity contribution in [2.45, 2.75) is 26.3 Å². The van der Waals surface area contributed by atoms with Gasteiger partial charge in [0.2, 0.25) is 0 Å². The molecule has 144 valence electrons. The van der Waals surface area contributed by atoms with Crippen molar-refractivity contribution in [3.05, 3.63) is 99.5 Å². The quantitative estimate of drug-likeness (QED) is 0.521. The second-order valence-electron chi connectivity index (χ2n) is 6.67. The maximum Gasteiger partial charge on any atom is 0.258 e. The summed E-state index contributed by atoms with van der Waals surface area (Å²) >= 11 is 3.52. The summed E-state index contributed by atoms with van der Waals surface area (Å²) in [5, 5.41) is 3.12. The normalized spacial score (nSPS) is 11.7. The van der Waals surface area contributed by atoms with Crippen LogP contribution < -0.4 is 10.1 Å². The van der Waals surface area contributed by atoms with E-state index in [0.29, 0.717) is 5.75 Å². The lowest BCUT2D eigenvalue weighted by Crippen LogP contribution is -2.33. The number of halogens is 1. The highest BCUT2D eigenvalue weighted by Gasteiger charge is 2.18. The molecule has 28 heavy (non-hydrogen) atoms. The molecule has 0 unspecified atom stereocenters. The molecule has 0 heterocycles. The zero-order valence-electron chi connectivity index (χ0n) is 16.1. The zero-order valence-corrected chi connectivity index (χ0v) is 17.7. The van der Waals surface area contributed by atoms with Gasteiger partial charge in [-0.25, -0.2) is 0 Å². The van der Waals surface area contributed by atoms with Crippen LogP contribution in [-0.2, 0) is 11.2 Å². The molecule has 0 fully saturated rings. The minimum atomic E-state index is -0.218. The van der Waals surface area contributed by atoms with E-state index in [-0.39, 0.29) is 18.6 Å². The molecule has 0 saturated carbocycles. The largest absolute Gasteiger partial charge is 0.483 e. The van der Waals surface area contributed by atoms with Crippen LogP contribution in [0.1, 0.15) is 35.2 Å². The van der Waals surface area contributed by atoms with Crippen LogP contribution in [0.4, 0.5) is 0 Å². The number of benzene rings is 3. The van der Waals surface area contributed by atoms with Gasteiger partial charge in [0.1, 0.15) is 5.75 Å². The van der Waals surface area contributed by atoms with E-state index in [0.717, 1.165) is 27.6 Å². The first-order valence-corrected chi connectivity index (χ1v) is 10.2. The molecule has 3 aromatic carbocycles. The molecule has 0 aliphatic carbocycles. The average Bonchev–Trinajstić information content (AvgIpc) is 2.72. The Hall–Kier alpha value is -2.59. The predicted molar refractivity (Wildman–Crippen MR) is 117 cm³/mol. The number of nitrogens with one attached hydrogen (secondary N) is 1. The number of amides is 1. The lowest BCUT2D eigenvalue weighted by molar-refractivity contribution is -0.123. The summed E-state index contributed by atoms with van der Waals surface area (Å²) in [6.07, 6.45) is 0.953. The molecule has 3 aromatic rings. The van der Waals surface area contributed by atoms with Gasteiger partial charge in [-0.2, -0.15) is 0 Å². The number of ether oxygens (including phenoxy) is 1. The van der Waals surface area contributed by atoms with Crippen LogP contribution in [0.25, 0.3) is 0 Å². The van der Waals surface area contributed by atoms with Crippen LogP contribution in [0, 0.1) is 6.92 Å². The number of aryl methyl sites for hydroxylation is 2. The summed E-state index contributed by atoms with van der Waals surface area (Å²) in [7, 11) is 0. The summed E-state index contributed by atoms with van der Waals surface area (Å²) < 4.78 is 6.60. The summed E-state index contributed by atoms with van der Waals surface area (Å²) in [6.45, 7) is 4.12. The van der Waals surface area contributed by atoms with Crippen molar-refractivity contribution in [2.24, 2.45) is 0 Å². The number of carbonyl (C=O) groups excluding carboxylic acids is 1. The van der Waals surface area contributed by atoms with Gasteiger partial charge in [0.05, 0.1) is 10.5 Å². The zero-order chi connectivity index (χ0) is 19.9. The lowest BCUT2D eigenvalue weighted by Gasteiger charge is -2.22. The van der Waals surface area contributed by atoms with Gasteiger partial charge in [-0.05, 0) is 63.7 Å². The number of carbonyl (C=O) groups is 1. The van der Waals surface area contributed by atoms with Crippen LogP contribution in [0.2, 0.25) is 0 Å². The Bertz CT molecular complexity index is 940. The molecule has 1 N–H and O–H groups in total. The fraction of sp³-hybridized carbons (Fsp3) is 0.208. The Labute approximate surface area is 174 Å². The maximum atomic E-state index is 12.7. The average molecular weight is 438 g/mol. The summed E-state index contributed by atoms with van der Waals surface area (Å²) in [5.41, 5.74) is 4.47. The molecule has 0 aliphatic heterocycles. The third kappa shape index (κ3) is 5.02. The molecular weight excluding hydrogens is 414 g/mol. The number of hydrogen-bond donors (Lipinski definition) is 1. The van der Waals surface area contributed by atoms with Crippen molar-refractivity contribution in [1.82, 2.24) is 5.32 Å². The molecule has 0 aromatic heterocycles. The first-order valence-electron chi connectivity index (χ1n) is 9.39. The molecule has 0 bridgehead atoms. The van der Waals surface area contributed by atoms with Crippen molar-refractivity contribution in [3.8, 4) is 5.75 Å². The Kier molecular flexibility index (Phi) is 6.88. The predicted octanol–water partition coefficient (Wildman–Crippen LogP) is 5.60. The minimum absolute atomic E-state index is 0.0424. The summed E-state index contributed by atoms with van der Waals surface area (Å²) in [4.78, 5) is 12.7. The van der Waals surface area contributed by atoms with E-state index >= 15 is 0 Å². The molecule has 0 radical (unpaired) electrons. The fourth-order valence-corrected chi connectivity index (χ4v) is 3.66. The Morgan fingerprint density at radius 1 is 1.04 bits per heavy atom. The van der Waals surface area contributed by atoms with Crippen molar-refractivity contribution < 1.29 is 9.53 Å². The van der Waals surface area contributed by atoms with Gasteiger partial charge in [-0.3, -0.25) is 4.79 Å². The standard InChI is InChI=1S/C24H24BrNO2/c1-3-18-13-14-22(21(25)15-18)28-16-23(27)26-24(19-10-5-4-6-11-19)20-12-8-7-9-17(20)2/h4-15,24H,3,16H2,1-2H3,(H,26,27)/t24-/m1/s1. The van der Waals surface area contributed by atoms with Gasteiger partial charge < -0.3 is 10.1 Å². The highest BCUT2D eigenvalue weighted by molar-refractivity contribution is 9.10. The first kappa shape index (κ1) is 20.2. The van der Waals surface area contributed by atoms with E-state index < -0.39 is 0 Å². The van der Waals surface area contributed by atoms with E-state index in [2.05, 4.69) is 41.2 Å². The topological polar surface area (TPSA) is 38.3 Å². The Morgan fingerprint density at radius 2 is 1.75 bits per heavy atom. The Balaban J connectivity index is 1.74. The van der Waals surface area contributed by atoms with E-state index in [1.807, 2.05) is 66.7 Å². The smallest absolute Gasteiger partial charge is 0.258 e. The van der Waals surface area contributed by atoms with E-state index in [1.165, 1.54) is 5.56 Å². The van der Waals surface area contributed by atoms with Crippen molar-refractivity contribution >= 4 is 21.8 Å². The number of rotatable bonds is 7. The molecule has 0 saturated heterocycles. The van der Waals surface area contributed by atoms with Crippen LogP contribution in [0.15, 0.2) is 77.3 Å². The van der Waals surface area contributed by atoms with E-state index in [4.69, 9.17) is 4.74 Å². The lowest BCUT2D eigenvalue weighted by atomic mass is 9.95. The SMILES string of the molecule is CCc1ccc(OCC(=O)N[C@H](c2ccccc2)c2ccccc2C)c(Br)c1. The van der Waals surface area contributed by atoms with Gasteiger partial charge in [-0.15, -0.1) is 0 Å². The van der Waals surface area contributed by atoms with Crippen LogP contribution in [0.5, 0.6) is 5.75 Å². The molecule has 3 rings (SSSR count). The van der Waals surface area contributed by atoms with Gasteiger partial charge in [0.25, 0.3) is 5.91 Å². The minimum Gasteiger partial charge on any atom is -0.483 e. The monoisotopic (exact) mass is 437 g/mol. The van der Waals surface area contributed by atoms with Crippen molar-refractivity contribution in [1.29, 1.82) is 0 Å². The molecule has 3 nitrogen and oxygen atoms in total. The van der Waals surface area contributed by atoms with Crippen LogP contribution in [0.3, 0.4) is 0 Å². The third-order valence-corrected chi connectivity index (χ3v) is 5.32. The second-order valence-corrected chi connectivity index (χ2v) is 7.53. The second kappa shape index (κ2) is 9.56. The van der Waals surface area contributed by atoms with E-state index in [1.54, 1.807) is 0 Å². The molecule has 0 spiro atoms. The van der Waals surface area contributed by atoms with Crippen LogP contribution >= 0.6 is 15.9 Å². The van der Waals surface area contributed by atoms with Gasteiger partial charge in [0.15, 0.2) is 6.61 Å². The molecular formula is C24H24BrNO2. The fourth-order valence-electron chi connectivity index (χ4n) is 3.12. The van der Waals surface area contributed by atoms with E-state index in [9.17, 15) is 4.79 Å². The molecule has 0 aliphatic rings. The molecule has 1 atom stereocenters. The van der Waals surface area contributed by atoms with Gasteiger partial charge in [-0.1, -0.05) is 67.6 Å². The molecule has 4 heteroatoms. The summed E-state index contributed by atoms with van der Waals surface area (Å²) in [5.74, 6) is 0.503. The molecule has 1 amide bonds.